The molecule has 3 nitrogen and oxygen atoms in total. The van der Waals surface area contributed by atoms with Crippen molar-refractivity contribution in [3.8, 4) is 0 Å². The highest BCUT2D eigenvalue weighted by Gasteiger charge is 2.15. The van der Waals surface area contributed by atoms with Gasteiger partial charge in [-0.15, -0.1) is 11.3 Å². The summed E-state index contributed by atoms with van der Waals surface area (Å²) in [5.74, 6) is -0.140. The second-order valence-corrected chi connectivity index (χ2v) is 6.33. The first-order chi connectivity index (χ1) is 8.97. The molecule has 0 aliphatic heterocycles. The van der Waals surface area contributed by atoms with Crippen LogP contribution in [0.15, 0.2) is 30.3 Å². The lowest BCUT2D eigenvalue weighted by atomic mass is 10.1. The first kappa shape index (κ1) is 14.2. The summed E-state index contributed by atoms with van der Waals surface area (Å²) in [5, 5.41) is 0.516. The summed E-state index contributed by atoms with van der Waals surface area (Å²) in [5.41, 5.74) is 6.64. The molecule has 2 N–H and O–H groups in total. The molecule has 1 heterocycles. The van der Waals surface area contributed by atoms with Gasteiger partial charge in [-0.2, -0.15) is 0 Å². The molecule has 0 atom stereocenters. The molecule has 19 heavy (non-hydrogen) atoms. The van der Waals surface area contributed by atoms with Crippen molar-refractivity contribution in [1.82, 2.24) is 4.90 Å². The summed E-state index contributed by atoms with van der Waals surface area (Å²) in [6, 6.07) is 8.59. The number of nitrogens with two attached hydrogens (primary N) is 1. The Morgan fingerprint density at radius 2 is 2.05 bits per heavy atom. The minimum Gasteiger partial charge on any atom is -0.398 e. The Morgan fingerprint density at radius 3 is 2.63 bits per heavy atom. The van der Waals surface area contributed by atoms with Gasteiger partial charge in [0.05, 0.1) is 16.4 Å². The Kier molecular flexibility index (Phi) is 4.34. The zero-order chi connectivity index (χ0) is 14.0. The number of carbonyl (C=O) groups excluding carboxylic acids is 1. The van der Waals surface area contributed by atoms with E-state index in [1.807, 2.05) is 12.1 Å². The van der Waals surface area contributed by atoms with E-state index in [4.69, 9.17) is 28.9 Å². The molecular formula is C13H12Cl2N2OS. The first-order valence-corrected chi connectivity index (χ1v) is 7.09. The van der Waals surface area contributed by atoms with Gasteiger partial charge in [0.25, 0.3) is 5.91 Å². The molecule has 1 amide bonds. The highest BCUT2D eigenvalue weighted by Crippen LogP contribution is 2.24. The lowest BCUT2D eigenvalue weighted by molar-refractivity contribution is 0.0787. The number of nitrogens with zero attached hydrogens (tertiary/aromatic N) is 1. The van der Waals surface area contributed by atoms with Crippen LogP contribution in [0.25, 0.3) is 0 Å². The van der Waals surface area contributed by atoms with Gasteiger partial charge < -0.3 is 10.6 Å². The minimum atomic E-state index is -0.140. The fourth-order valence-electron chi connectivity index (χ4n) is 1.68. The third-order valence-corrected chi connectivity index (χ3v) is 4.06. The van der Waals surface area contributed by atoms with Gasteiger partial charge in [-0.05, 0) is 30.3 Å². The number of rotatable bonds is 3. The number of hydrogen-bond acceptors (Lipinski definition) is 3. The van der Waals surface area contributed by atoms with E-state index in [1.165, 1.54) is 11.3 Å². The number of hydrogen-bond donors (Lipinski definition) is 1. The molecule has 0 saturated carbocycles. The quantitative estimate of drug-likeness (QED) is 0.873. The van der Waals surface area contributed by atoms with E-state index in [0.717, 1.165) is 4.88 Å². The van der Waals surface area contributed by atoms with E-state index in [9.17, 15) is 4.79 Å². The maximum Gasteiger partial charge on any atom is 0.256 e. The van der Waals surface area contributed by atoms with Crippen LogP contribution in [0.4, 0.5) is 5.69 Å². The predicted octanol–water partition coefficient (Wildman–Crippen LogP) is 3.91. The fourth-order valence-corrected chi connectivity index (χ4v) is 3.00. The average Bonchev–Trinajstić information content (AvgIpc) is 2.74. The molecule has 100 valence electrons. The molecule has 0 spiro atoms. The van der Waals surface area contributed by atoms with E-state index in [-0.39, 0.29) is 5.91 Å². The van der Waals surface area contributed by atoms with Gasteiger partial charge in [-0.3, -0.25) is 4.79 Å². The molecule has 0 aliphatic rings. The number of nitrogen functional groups attached to an aromatic ring is 1. The standard InChI is InChI=1S/C13H12Cl2N2OS/c1-17(7-9-3-5-12(15)19-9)13(18)10-4-2-8(14)6-11(10)16/h2-6H,7,16H2,1H3. The number of benzene rings is 1. The number of amides is 1. The van der Waals surface area contributed by atoms with Crippen LogP contribution in [0.5, 0.6) is 0 Å². The summed E-state index contributed by atoms with van der Waals surface area (Å²) in [6.07, 6.45) is 0. The fraction of sp³-hybridized carbons (Fsp3) is 0.154. The van der Waals surface area contributed by atoms with Crippen molar-refractivity contribution in [2.75, 3.05) is 12.8 Å². The van der Waals surface area contributed by atoms with Crippen molar-refractivity contribution in [3.63, 3.8) is 0 Å². The monoisotopic (exact) mass is 314 g/mol. The van der Waals surface area contributed by atoms with Gasteiger partial charge >= 0.3 is 0 Å². The van der Waals surface area contributed by atoms with E-state index < -0.39 is 0 Å². The first-order valence-electron chi connectivity index (χ1n) is 5.52. The zero-order valence-electron chi connectivity index (χ0n) is 10.2. The van der Waals surface area contributed by atoms with Gasteiger partial charge in [-0.25, -0.2) is 0 Å². The maximum absolute atomic E-state index is 12.3. The second kappa shape index (κ2) is 5.82. The van der Waals surface area contributed by atoms with Gasteiger partial charge in [0, 0.05) is 22.6 Å². The van der Waals surface area contributed by atoms with Crippen molar-refractivity contribution in [2.45, 2.75) is 6.54 Å². The predicted molar refractivity (Wildman–Crippen MR) is 81.0 cm³/mol. The molecule has 0 aliphatic carbocycles. The van der Waals surface area contributed by atoms with Crippen LogP contribution in [0.2, 0.25) is 9.36 Å². The molecule has 1 aromatic carbocycles. The van der Waals surface area contributed by atoms with Crippen LogP contribution >= 0.6 is 34.5 Å². The zero-order valence-corrected chi connectivity index (χ0v) is 12.5. The molecule has 0 fully saturated rings. The topological polar surface area (TPSA) is 46.3 Å². The second-order valence-electron chi connectivity index (χ2n) is 4.10. The molecule has 0 bridgehead atoms. The largest absolute Gasteiger partial charge is 0.398 e. The number of anilines is 1. The van der Waals surface area contributed by atoms with Crippen molar-refractivity contribution < 1.29 is 4.79 Å². The molecule has 6 heteroatoms. The van der Waals surface area contributed by atoms with Gasteiger partial charge in [0.15, 0.2) is 0 Å². The normalized spacial score (nSPS) is 10.5. The lowest BCUT2D eigenvalue weighted by Gasteiger charge is -2.17. The van der Waals surface area contributed by atoms with Crippen molar-refractivity contribution in [2.24, 2.45) is 0 Å². The summed E-state index contributed by atoms with van der Waals surface area (Å²) >= 11 is 13.1. The highest BCUT2D eigenvalue weighted by atomic mass is 35.5. The van der Waals surface area contributed by atoms with E-state index in [2.05, 4.69) is 0 Å². The molecule has 1 aromatic heterocycles. The van der Waals surface area contributed by atoms with Crippen molar-refractivity contribution in [1.29, 1.82) is 0 Å². The van der Waals surface area contributed by atoms with Crippen LogP contribution in [-0.2, 0) is 6.54 Å². The van der Waals surface area contributed by atoms with Crippen LogP contribution in [0.3, 0.4) is 0 Å². The molecule has 0 radical (unpaired) electrons. The SMILES string of the molecule is CN(Cc1ccc(Cl)s1)C(=O)c1ccc(Cl)cc1N. The summed E-state index contributed by atoms with van der Waals surface area (Å²) in [6.45, 7) is 0.498. The number of thiophene rings is 1. The Hall–Kier alpha value is -1.23. The summed E-state index contributed by atoms with van der Waals surface area (Å²) in [4.78, 5) is 14.9. The Balaban J connectivity index is 2.14. The smallest absolute Gasteiger partial charge is 0.256 e. The van der Waals surface area contributed by atoms with E-state index in [0.29, 0.717) is 27.2 Å². The number of halogens is 2. The average molecular weight is 315 g/mol. The van der Waals surface area contributed by atoms with Crippen LogP contribution < -0.4 is 5.73 Å². The van der Waals surface area contributed by atoms with E-state index >= 15 is 0 Å². The summed E-state index contributed by atoms with van der Waals surface area (Å²) in [7, 11) is 1.73. The summed E-state index contributed by atoms with van der Waals surface area (Å²) < 4.78 is 0.710. The van der Waals surface area contributed by atoms with Gasteiger partial charge in [0.2, 0.25) is 0 Å². The Bertz CT molecular complexity index is 612. The number of carbonyl (C=O) groups is 1. The van der Waals surface area contributed by atoms with Crippen LogP contribution in [0.1, 0.15) is 15.2 Å². The molecule has 0 unspecified atom stereocenters. The minimum absolute atomic E-state index is 0.140. The molecule has 0 saturated heterocycles. The lowest BCUT2D eigenvalue weighted by Crippen LogP contribution is -2.26. The van der Waals surface area contributed by atoms with Crippen molar-refractivity contribution in [3.05, 3.63) is 50.1 Å². The maximum atomic E-state index is 12.3. The van der Waals surface area contributed by atoms with Crippen LogP contribution in [0, 0.1) is 0 Å². The van der Waals surface area contributed by atoms with Crippen LogP contribution in [-0.4, -0.2) is 17.9 Å². The molecule has 2 aromatic rings. The Labute approximate surface area is 125 Å². The third-order valence-electron chi connectivity index (χ3n) is 2.61. The Morgan fingerprint density at radius 1 is 1.32 bits per heavy atom. The van der Waals surface area contributed by atoms with Gasteiger partial charge in [0.1, 0.15) is 0 Å². The molecular weight excluding hydrogens is 303 g/mol. The highest BCUT2D eigenvalue weighted by molar-refractivity contribution is 7.16. The van der Waals surface area contributed by atoms with Crippen molar-refractivity contribution >= 4 is 46.1 Å². The van der Waals surface area contributed by atoms with E-state index in [1.54, 1.807) is 30.1 Å². The third kappa shape index (κ3) is 3.41. The molecule has 2 rings (SSSR count). The van der Waals surface area contributed by atoms with Gasteiger partial charge in [-0.1, -0.05) is 23.2 Å².